The monoisotopic (exact) mass is 545 g/mol. The van der Waals surface area contributed by atoms with Gasteiger partial charge >= 0.3 is 12.1 Å². The molecule has 2 heterocycles. The standard InChI is InChI=1S/C28H21ClFN5O4/c1-16(20-4-2-3-5-22(20)29)39-27(38)34-25-18(13-31)14-33-35(25)19-7-9-24(32-15-19)17-6-8-21(23(30)12-17)28(10-11-28)26(36)37/h2-9,12,14-16H,10-11H2,1H3,(H,34,38)(H,36,37). The number of hydrogen-bond donors (Lipinski definition) is 2. The van der Waals surface area contributed by atoms with Crippen LogP contribution in [0.2, 0.25) is 5.02 Å². The van der Waals surface area contributed by atoms with E-state index in [9.17, 15) is 24.3 Å². The van der Waals surface area contributed by atoms with Crippen LogP contribution in [0.1, 0.15) is 42.6 Å². The molecule has 9 nitrogen and oxygen atoms in total. The maximum Gasteiger partial charge on any atom is 0.413 e. The number of carboxylic acid groups (broad SMARTS) is 1. The van der Waals surface area contributed by atoms with Crippen molar-refractivity contribution in [3.8, 4) is 23.0 Å². The first-order chi connectivity index (χ1) is 18.7. The number of anilines is 1. The van der Waals surface area contributed by atoms with Crippen molar-refractivity contribution in [1.29, 1.82) is 5.26 Å². The van der Waals surface area contributed by atoms with E-state index in [4.69, 9.17) is 16.3 Å². The quantitative estimate of drug-likeness (QED) is 0.290. The molecule has 1 atom stereocenters. The predicted octanol–water partition coefficient (Wildman–Crippen LogP) is 6.02. The van der Waals surface area contributed by atoms with E-state index in [-0.39, 0.29) is 16.9 Å². The van der Waals surface area contributed by atoms with E-state index in [1.165, 1.54) is 29.2 Å². The lowest BCUT2D eigenvalue weighted by Crippen LogP contribution is -2.20. The maximum atomic E-state index is 14.8. The van der Waals surface area contributed by atoms with Gasteiger partial charge in [-0.3, -0.25) is 15.1 Å². The van der Waals surface area contributed by atoms with Crippen molar-refractivity contribution in [1.82, 2.24) is 14.8 Å². The number of carboxylic acids is 1. The number of rotatable bonds is 7. The molecular formula is C28H21ClFN5O4. The van der Waals surface area contributed by atoms with E-state index < -0.39 is 29.4 Å². The summed E-state index contributed by atoms with van der Waals surface area (Å²) in [7, 11) is 0. The summed E-state index contributed by atoms with van der Waals surface area (Å²) in [5.41, 5.74) is 1.09. The number of carbonyl (C=O) groups is 2. The summed E-state index contributed by atoms with van der Waals surface area (Å²) in [6.07, 6.45) is 2.10. The fraction of sp³-hybridized carbons (Fsp3) is 0.179. The maximum absolute atomic E-state index is 14.8. The Hall–Kier alpha value is -4.75. The zero-order chi connectivity index (χ0) is 27.7. The Balaban J connectivity index is 1.35. The van der Waals surface area contributed by atoms with Crippen molar-refractivity contribution in [3.63, 3.8) is 0 Å². The molecule has 4 aromatic rings. The van der Waals surface area contributed by atoms with Gasteiger partial charge in [-0.2, -0.15) is 10.4 Å². The highest BCUT2D eigenvalue weighted by atomic mass is 35.5. The summed E-state index contributed by atoms with van der Waals surface area (Å²) in [6, 6.07) is 16.6. The summed E-state index contributed by atoms with van der Waals surface area (Å²) >= 11 is 6.19. The van der Waals surface area contributed by atoms with Crippen LogP contribution in [-0.4, -0.2) is 31.9 Å². The van der Waals surface area contributed by atoms with Gasteiger partial charge in [0.1, 0.15) is 23.6 Å². The zero-order valence-electron chi connectivity index (χ0n) is 20.6. The Bertz CT molecular complexity index is 1630. The highest BCUT2D eigenvalue weighted by molar-refractivity contribution is 6.31. The van der Waals surface area contributed by atoms with Crippen molar-refractivity contribution in [2.75, 3.05) is 5.32 Å². The van der Waals surface area contributed by atoms with Gasteiger partial charge in [0.2, 0.25) is 0 Å². The molecule has 196 valence electrons. The fourth-order valence-corrected chi connectivity index (χ4v) is 4.66. The number of hydrogen-bond acceptors (Lipinski definition) is 6. The molecule has 2 aromatic carbocycles. The van der Waals surface area contributed by atoms with Crippen LogP contribution in [0.4, 0.5) is 15.0 Å². The van der Waals surface area contributed by atoms with Crippen molar-refractivity contribution in [2.24, 2.45) is 0 Å². The van der Waals surface area contributed by atoms with Gasteiger partial charge in [-0.05, 0) is 44.0 Å². The molecule has 5 rings (SSSR count). The van der Waals surface area contributed by atoms with Crippen molar-refractivity contribution >= 4 is 29.5 Å². The number of carbonyl (C=O) groups excluding carboxylic acids is 1. The van der Waals surface area contributed by atoms with E-state index in [2.05, 4.69) is 15.4 Å². The van der Waals surface area contributed by atoms with Crippen LogP contribution >= 0.6 is 11.6 Å². The first kappa shape index (κ1) is 25.9. The average molecular weight is 546 g/mol. The molecule has 1 aliphatic rings. The van der Waals surface area contributed by atoms with Crippen LogP contribution in [0, 0.1) is 17.1 Å². The molecule has 0 radical (unpaired) electrons. The third-order valence-corrected chi connectivity index (χ3v) is 7.01. The van der Waals surface area contributed by atoms with E-state index in [0.29, 0.717) is 40.4 Å². The van der Waals surface area contributed by atoms with Gasteiger partial charge in [-0.1, -0.05) is 41.9 Å². The second-order valence-corrected chi connectivity index (χ2v) is 9.52. The number of ether oxygens (including phenoxy) is 1. The van der Waals surface area contributed by atoms with Crippen LogP contribution in [-0.2, 0) is 14.9 Å². The highest BCUT2D eigenvalue weighted by Crippen LogP contribution is 2.49. The molecule has 1 unspecified atom stereocenters. The van der Waals surface area contributed by atoms with Gasteiger partial charge in [0, 0.05) is 21.7 Å². The molecule has 0 spiro atoms. The van der Waals surface area contributed by atoms with E-state index in [1.54, 1.807) is 49.4 Å². The first-order valence-corrected chi connectivity index (χ1v) is 12.3. The average Bonchev–Trinajstić information content (AvgIpc) is 3.64. The summed E-state index contributed by atoms with van der Waals surface area (Å²) in [5, 5.41) is 26.2. The van der Waals surface area contributed by atoms with Crippen LogP contribution in [0.15, 0.2) is 67.0 Å². The summed E-state index contributed by atoms with van der Waals surface area (Å²) in [4.78, 5) is 28.6. The minimum absolute atomic E-state index is 0.0854. The molecule has 1 aliphatic carbocycles. The Labute approximate surface area is 227 Å². The lowest BCUT2D eigenvalue weighted by atomic mass is 9.94. The number of halogens is 2. The van der Waals surface area contributed by atoms with Crippen molar-refractivity contribution < 1.29 is 23.8 Å². The van der Waals surface area contributed by atoms with E-state index >= 15 is 0 Å². The van der Waals surface area contributed by atoms with Crippen LogP contribution in [0.3, 0.4) is 0 Å². The first-order valence-electron chi connectivity index (χ1n) is 11.9. The number of amides is 1. The minimum Gasteiger partial charge on any atom is -0.481 e. The number of aliphatic carboxylic acids is 1. The van der Waals surface area contributed by atoms with Gasteiger partial charge in [0.15, 0.2) is 5.82 Å². The topological polar surface area (TPSA) is 130 Å². The molecule has 0 saturated heterocycles. The highest BCUT2D eigenvalue weighted by Gasteiger charge is 2.53. The Morgan fingerprint density at radius 3 is 2.59 bits per heavy atom. The zero-order valence-corrected chi connectivity index (χ0v) is 21.3. The van der Waals surface area contributed by atoms with Gasteiger partial charge in [0.05, 0.1) is 29.2 Å². The molecule has 11 heteroatoms. The predicted molar refractivity (Wildman–Crippen MR) is 140 cm³/mol. The SMILES string of the molecule is CC(OC(=O)Nc1c(C#N)cnn1-c1ccc(-c2ccc(C3(C(=O)O)CC3)c(F)c2)nc1)c1ccccc1Cl. The number of aromatic nitrogens is 3. The van der Waals surface area contributed by atoms with Crippen molar-refractivity contribution in [3.05, 3.63) is 94.5 Å². The summed E-state index contributed by atoms with van der Waals surface area (Å²) in [5.74, 6) is -1.54. The van der Waals surface area contributed by atoms with Crippen LogP contribution < -0.4 is 5.32 Å². The lowest BCUT2D eigenvalue weighted by molar-refractivity contribution is -0.140. The lowest BCUT2D eigenvalue weighted by Gasteiger charge is -2.16. The molecule has 39 heavy (non-hydrogen) atoms. The van der Waals surface area contributed by atoms with Gasteiger partial charge in [-0.15, -0.1) is 0 Å². The molecule has 2 N–H and O–H groups in total. The fourth-order valence-electron chi connectivity index (χ4n) is 4.37. The number of benzene rings is 2. The van der Waals surface area contributed by atoms with Crippen LogP contribution in [0.5, 0.6) is 0 Å². The largest absolute Gasteiger partial charge is 0.481 e. The van der Waals surface area contributed by atoms with Gasteiger partial charge < -0.3 is 9.84 Å². The number of nitriles is 1. The van der Waals surface area contributed by atoms with E-state index in [1.807, 2.05) is 6.07 Å². The second kappa shape index (κ2) is 10.2. The van der Waals surface area contributed by atoms with Gasteiger partial charge in [-0.25, -0.2) is 13.9 Å². The number of nitrogens with one attached hydrogen (secondary N) is 1. The molecule has 1 amide bonds. The molecule has 0 bridgehead atoms. The molecule has 1 fully saturated rings. The van der Waals surface area contributed by atoms with Gasteiger partial charge in [0.25, 0.3) is 0 Å². The summed E-state index contributed by atoms with van der Waals surface area (Å²) in [6.45, 7) is 1.67. The normalized spacial score (nSPS) is 14.2. The summed E-state index contributed by atoms with van der Waals surface area (Å²) < 4.78 is 21.6. The van der Waals surface area contributed by atoms with E-state index in [0.717, 1.165) is 0 Å². The molecule has 1 saturated carbocycles. The second-order valence-electron chi connectivity index (χ2n) is 9.11. The molecular weight excluding hydrogens is 525 g/mol. The smallest absolute Gasteiger partial charge is 0.413 e. The Morgan fingerprint density at radius 1 is 1.21 bits per heavy atom. The minimum atomic E-state index is -1.14. The molecule has 0 aliphatic heterocycles. The third kappa shape index (κ3) is 4.92. The molecule has 2 aromatic heterocycles. The third-order valence-electron chi connectivity index (χ3n) is 6.67. The number of nitrogens with zero attached hydrogens (tertiary/aromatic N) is 4. The van der Waals surface area contributed by atoms with Crippen LogP contribution in [0.25, 0.3) is 16.9 Å². The number of pyridine rings is 1. The Kier molecular flexibility index (Phi) is 6.76. The Morgan fingerprint density at radius 2 is 1.97 bits per heavy atom. The van der Waals surface area contributed by atoms with Crippen molar-refractivity contribution in [2.45, 2.75) is 31.3 Å².